The number of benzene rings is 1. The molecule has 0 spiro atoms. The molecule has 0 saturated carbocycles. The third-order valence-corrected chi connectivity index (χ3v) is 4.11. The van der Waals surface area contributed by atoms with Crippen molar-refractivity contribution in [2.75, 3.05) is 13.2 Å². The van der Waals surface area contributed by atoms with Crippen molar-refractivity contribution in [3.8, 4) is 12.3 Å². The molecule has 2 N–H and O–H groups in total. The monoisotopic (exact) mass is 380 g/mol. The maximum Gasteiger partial charge on any atom is 0.330 e. The lowest BCUT2D eigenvalue weighted by atomic mass is 10.0. The summed E-state index contributed by atoms with van der Waals surface area (Å²) < 4.78 is 31.6. The van der Waals surface area contributed by atoms with Gasteiger partial charge in [-0.1, -0.05) is 26.2 Å². The summed E-state index contributed by atoms with van der Waals surface area (Å²) in [6.45, 7) is 4.43. The average molecular weight is 380 g/mol. The molecule has 0 aromatic heterocycles. The molecule has 0 fully saturated rings. The van der Waals surface area contributed by atoms with Gasteiger partial charge < -0.3 is 15.4 Å². The Labute approximate surface area is 158 Å². The van der Waals surface area contributed by atoms with Gasteiger partial charge in [0.2, 0.25) is 0 Å². The van der Waals surface area contributed by atoms with Crippen molar-refractivity contribution >= 4 is 12.0 Å². The number of amides is 2. The smallest absolute Gasteiger partial charge is 0.330 e. The molecule has 1 rings (SSSR count). The molecule has 2 amide bonds. The van der Waals surface area contributed by atoms with Gasteiger partial charge in [0.25, 0.3) is 0 Å². The molecule has 148 valence electrons. The number of hydrogen-bond donors (Lipinski definition) is 2. The lowest BCUT2D eigenvalue weighted by Gasteiger charge is -2.18. The number of carbonyl (C=O) groups is 2. The Morgan fingerprint density at radius 2 is 1.93 bits per heavy atom. The number of hydrogen-bond acceptors (Lipinski definition) is 3. The zero-order chi connectivity index (χ0) is 20.2. The van der Waals surface area contributed by atoms with Gasteiger partial charge in [-0.2, -0.15) is 0 Å². The van der Waals surface area contributed by atoms with Crippen LogP contribution in [0, 0.1) is 29.9 Å². The summed E-state index contributed by atoms with van der Waals surface area (Å²) in [4.78, 5) is 24.2. The van der Waals surface area contributed by atoms with E-state index in [1.54, 1.807) is 0 Å². The molecular weight excluding hydrogens is 354 g/mol. The Hall–Kier alpha value is -2.62. The highest BCUT2D eigenvalue weighted by molar-refractivity contribution is 5.83. The van der Waals surface area contributed by atoms with E-state index >= 15 is 0 Å². The molecular formula is C20H26F2N2O3. The lowest BCUT2D eigenvalue weighted by Crippen LogP contribution is -2.48. The molecule has 7 heteroatoms. The van der Waals surface area contributed by atoms with Crippen LogP contribution in [-0.4, -0.2) is 31.2 Å². The van der Waals surface area contributed by atoms with E-state index < -0.39 is 29.7 Å². The molecule has 1 aromatic carbocycles. The number of esters is 1. The predicted molar refractivity (Wildman–Crippen MR) is 98.9 cm³/mol. The van der Waals surface area contributed by atoms with Crippen molar-refractivity contribution in [2.45, 2.75) is 45.6 Å². The second-order valence-electron chi connectivity index (χ2n) is 6.40. The van der Waals surface area contributed by atoms with Crippen LogP contribution in [-0.2, 0) is 16.0 Å². The molecule has 0 aliphatic carbocycles. The number of halogens is 2. The summed E-state index contributed by atoms with van der Waals surface area (Å²) >= 11 is 0. The van der Waals surface area contributed by atoms with Crippen molar-refractivity contribution in [3.05, 3.63) is 35.4 Å². The lowest BCUT2D eigenvalue weighted by molar-refractivity contribution is -0.144. The van der Waals surface area contributed by atoms with Crippen LogP contribution in [0.4, 0.5) is 13.6 Å². The van der Waals surface area contributed by atoms with Gasteiger partial charge in [0, 0.05) is 19.0 Å². The molecule has 0 aliphatic heterocycles. The summed E-state index contributed by atoms with van der Waals surface area (Å²) in [7, 11) is 0. The van der Waals surface area contributed by atoms with Gasteiger partial charge in [-0.15, -0.1) is 6.42 Å². The van der Waals surface area contributed by atoms with Gasteiger partial charge in [0.05, 0.1) is 0 Å². The highest BCUT2D eigenvalue weighted by atomic mass is 19.1. The molecule has 0 aliphatic rings. The molecule has 5 nitrogen and oxygen atoms in total. The van der Waals surface area contributed by atoms with Gasteiger partial charge in [0.1, 0.15) is 17.7 Å². The molecule has 2 atom stereocenters. The van der Waals surface area contributed by atoms with Gasteiger partial charge in [-0.3, -0.25) is 0 Å². The first kappa shape index (κ1) is 22.4. The van der Waals surface area contributed by atoms with Crippen LogP contribution in [0.5, 0.6) is 0 Å². The molecule has 1 unspecified atom stereocenters. The zero-order valence-electron chi connectivity index (χ0n) is 15.7. The summed E-state index contributed by atoms with van der Waals surface area (Å²) in [5.74, 6) is 0.421. The van der Waals surface area contributed by atoms with Gasteiger partial charge in [-0.25, -0.2) is 18.4 Å². The van der Waals surface area contributed by atoms with Crippen LogP contribution in [0.15, 0.2) is 18.2 Å². The minimum atomic E-state index is -1.12. The normalized spacial score (nSPS) is 12.6. The summed E-state index contributed by atoms with van der Waals surface area (Å²) in [6.07, 6.45) is 7.79. The predicted octanol–water partition coefficient (Wildman–Crippen LogP) is 3.18. The number of terminal acetylenes is 1. The largest absolute Gasteiger partial charge is 0.451 e. The first-order chi connectivity index (χ1) is 12.8. The highest BCUT2D eigenvalue weighted by Crippen LogP contribution is 2.11. The van der Waals surface area contributed by atoms with Crippen molar-refractivity contribution in [1.29, 1.82) is 0 Å². The van der Waals surface area contributed by atoms with Crippen LogP contribution in [0.3, 0.4) is 0 Å². The quantitative estimate of drug-likeness (QED) is 0.372. The number of urea groups is 1. The molecule has 0 bridgehead atoms. The highest BCUT2D eigenvalue weighted by Gasteiger charge is 2.23. The van der Waals surface area contributed by atoms with Crippen molar-refractivity contribution < 1.29 is 23.1 Å². The fourth-order valence-corrected chi connectivity index (χ4v) is 2.44. The number of ether oxygens (including phenoxy) is 1. The first-order valence-electron chi connectivity index (χ1n) is 8.95. The number of nitrogens with one attached hydrogen (secondary N) is 2. The van der Waals surface area contributed by atoms with E-state index in [2.05, 4.69) is 30.4 Å². The Morgan fingerprint density at radius 1 is 1.26 bits per heavy atom. The van der Waals surface area contributed by atoms with Crippen molar-refractivity contribution in [3.63, 3.8) is 0 Å². The van der Waals surface area contributed by atoms with Crippen molar-refractivity contribution in [2.24, 2.45) is 5.92 Å². The van der Waals surface area contributed by atoms with E-state index in [1.807, 2.05) is 0 Å². The summed E-state index contributed by atoms with van der Waals surface area (Å²) in [5.41, 5.74) is 0.215. The fourth-order valence-electron chi connectivity index (χ4n) is 2.44. The van der Waals surface area contributed by atoms with E-state index in [0.29, 0.717) is 12.5 Å². The summed E-state index contributed by atoms with van der Waals surface area (Å²) in [6, 6.07) is 1.24. The SMILES string of the molecule is C#CCOC(=O)[C@H](Cc1cc(F)cc(F)c1)NC(=O)NCCCC(C)CC. The Morgan fingerprint density at radius 3 is 2.52 bits per heavy atom. The van der Waals surface area contributed by atoms with Crippen LogP contribution in [0.25, 0.3) is 0 Å². The van der Waals surface area contributed by atoms with E-state index in [0.717, 1.165) is 37.5 Å². The minimum absolute atomic E-state index is 0.127. The summed E-state index contributed by atoms with van der Waals surface area (Å²) in [5, 5.41) is 5.14. The molecule has 0 heterocycles. The van der Waals surface area contributed by atoms with Crippen LogP contribution >= 0.6 is 0 Å². The second kappa shape index (κ2) is 11.9. The first-order valence-corrected chi connectivity index (χ1v) is 8.95. The van der Waals surface area contributed by atoms with Crippen LogP contribution in [0.1, 0.15) is 38.7 Å². The van der Waals surface area contributed by atoms with E-state index in [9.17, 15) is 18.4 Å². The maximum atomic E-state index is 13.4. The molecule has 0 radical (unpaired) electrons. The van der Waals surface area contributed by atoms with Gasteiger partial charge in [0.15, 0.2) is 6.61 Å². The maximum absolute atomic E-state index is 13.4. The minimum Gasteiger partial charge on any atom is -0.451 e. The second-order valence-corrected chi connectivity index (χ2v) is 6.40. The van der Waals surface area contributed by atoms with E-state index in [4.69, 9.17) is 11.2 Å². The zero-order valence-corrected chi connectivity index (χ0v) is 15.7. The Balaban J connectivity index is 2.67. The number of rotatable bonds is 10. The van der Waals surface area contributed by atoms with Gasteiger partial charge in [-0.05, 0) is 36.5 Å². The average Bonchev–Trinajstić information content (AvgIpc) is 2.61. The fraction of sp³-hybridized carbons (Fsp3) is 0.500. The standard InChI is InChI=1S/C20H26F2N2O3/c1-4-9-27-19(25)18(12-15-10-16(21)13-17(22)11-15)24-20(26)23-8-6-7-14(3)5-2/h1,10-11,13-14,18H,5-9,12H2,2-3H3,(H2,23,24,26)/t14?,18-/m0/s1. The third kappa shape index (κ3) is 9.04. The molecule has 0 saturated heterocycles. The molecule has 27 heavy (non-hydrogen) atoms. The van der Waals surface area contributed by atoms with E-state index in [1.165, 1.54) is 0 Å². The molecule has 1 aromatic rings. The van der Waals surface area contributed by atoms with Gasteiger partial charge >= 0.3 is 12.0 Å². The van der Waals surface area contributed by atoms with Crippen LogP contribution in [0.2, 0.25) is 0 Å². The Bertz CT molecular complexity index is 653. The topological polar surface area (TPSA) is 67.4 Å². The Kier molecular flexibility index (Phi) is 9.88. The van der Waals surface area contributed by atoms with Crippen LogP contribution < -0.4 is 10.6 Å². The number of carbonyl (C=O) groups excluding carboxylic acids is 2. The van der Waals surface area contributed by atoms with Crippen molar-refractivity contribution in [1.82, 2.24) is 10.6 Å². The third-order valence-electron chi connectivity index (χ3n) is 4.11. The van der Waals surface area contributed by atoms with E-state index in [-0.39, 0.29) is 18.6 Å².